The maximum absolute atomic E-state index is 12.1. The van der Waals surface area contributed by atoms with Gasteiger partial charge in [0.1, 0.15) is 4.90 Å². The van der Waals surface area contributed by atoms with Crippen molar-refractivity contribution >= 4 is 22.4 Å². The molecule has 0 saturated carbocycles. The lowest BCUT2D eigenvalue weighted by Gasteiger charge is -2.28. The Morgan fingerprint density at radius 3 is 2.84 bits per heavy atom. The molecular formula is C11H21ClN4O2S. The zero-order valence-electron chi connectivity index (χ0n) is 11.2. The van der Waals surface area contributed by atoms with Crippen LogP contribution in [-0.4, -0.2) is 37.3 Å². The molecule has 1 aliphatic heterocycles. The second-order valence-electron chi connectivity index (χ2n) is 4.87. The quantitative estimate of drug-likeness (QED) is 0.850. The Labute approximate surface area is 120 Å². The molecule has 0 bridgehead atoms. The van der Waals surface area contributed by atoms with Crippen LogP contribution in [0.15, 0.2) is 17.3 Å². The van der Waals surface area contributed by atoms with Gasteiger partial charge in [0.05, 0.1) is 6.20 Å². The monoisotopic (exact) mass is 308 g/mol. The van der Waals surface area contributed by atoms with Crippen LogP contribution in [0.5, 0.6) is 0 Å². The van der Waals surface area contributed by atoms with Gasteiger partial charge < -0.3 is 5.32 Å². The molecule has 1 aromatic rings. The number of aromatic nitrogens is 2. The maximum Gasteiger partial charge on any atom is 0.243 e. The van der Waals surface area contributed by atoms with E-state index in [1.807, 2.05) is 6.92 Å². The highest BCUT2D eigenvalue weighted by molar-refractivity contribution is 7.89. The molecule has 0 aliphatic carbocycles. The van der Waals surface area contributed by atoms with Crippen LogP contribution in [0.4, 0.5) is 0 Å². The molecular weight excluding hydrogens is 288 g/mol. The first-order valence-electron chi connectivity index (χ1n) is 6.21. The SMILES string of the molecule is CC(NS(=O)(=O)c1cnn(C)c1)C1CCCNC1.Cl. The van der Waals surface area contributed by atoms with Gasteiger partial charge in [-0.05, 0) is 38.8 Å². The number of piperidine rings is 1. The molecule has 1 aliphatic rings. The molecule has 2 heterocycles. The predicted molar refractivity (Wildman–Crippen MR) is 75.8 cm³/mol. The minimum absolute atomic E-state index is 0. The highest BCUT2D eigenvalue weighted by atomic mass is 35.5. The summed E-state index contributed by atoms with van der Waals surface area (Å²) in [4.78, 5) is 0.223. The summed E-state index contributed by atoms with van der Waals surface area (Å²) in [5, 5.41) is 7.18. The minimum atomic E-state index is -3.45. The fourth-order valence-corrected chi connectivity index (χ4v) is 3.55. The molecule has 2 unspecified atom stereocenters. The van der Waals surface area contributed by atoms with Gasteiger partial charge in [-0.3, -0.25) is 4.68 Å². The van der Waals surface area contributed by atoms with E-state index in [4.69, 9.17) is 0 Å². The Morgan fingerprint density at radius 1 is 1.58 bits per heavy atom. The molecule has 0 radical (unpaired) electrons. The summed E-state index contributed by atoms with van der Waals surface area (Å²) in [6.45, 7) is 3.82. The zero-order valence-corrected chi connectivity index (χ0v) is 12.8. The Balaban J connectivity index is 0.00000180. The summed E-state index contributed by atoms with van der Waals surface area (Å²) in [7, 11) is -1.75. The number of aryl methyl sites for hydroxylation is 1. The first-order valence-corrected chi connectivity index (χ1v) is 7.69. The van der Waals surface area contributed by atoms with E-state index in [9.17, 15) is 8.42 Å². The van der Waals surface area contributed by atoms with Gasteiger partial charge in [-0.2, -0.15) is 5.10 Å². The third kappa shape index (κ3) is 4.17. The average molecular weight is 309 g/mol. The predicted octanol–water partition coefficient (Wildman–Crippen LogP) is 0.508. The normalized spacial score (nSPS) is 21.7. The molecule has 0 amide bonds. The summed E-state index contributed by atoms with van der Waals surface area (Å²) < 4.78 is 28.4. The van der Waals surface area contributed by atoms with Gasteiger partial charge in [0.15, 0.2) is 0 Å². The number of hydrogen-bond donors (Lipinski definition) is 2. The van der Waals surface area contributed by atoms with Crippen molar-refractivity contribution in [3.63, 3.8) is 0 Å². The lowest BCUT2D eigenvalue weighted by atomic mass is 9.94. The number of nitrogens with zero attached hydrogens (tertiary/aromatic N) is 2. The second kappa shape index (κ2) is 6.69. The van der Waals surface area contributed by atoms with Crippen molar-refractivity contribution < 1.29 is 8.42 Å². The van der Waals surface area contributed by atoms with Crippen molar-refractivity contribution in [2.45, 2.75) is 30.7 Å². The standard InChI is InChI=1S/C11H20N4O2S.ClH/c1-9(10-4-3-5-12-6-10)14-18(16,17)11-7-13-15(2)8-11;/h7-10,12,14H,3-6H2,1-2H3;1H. The molecule has 1 saturated heterocycles. The molecule has 1 aromatic heterocycles. The topological polar surface area (TPSA) is 76.0 Å². The Bertz CT molecular complexity index is 497. The lowest BCUT2D eigenvalue weighted by molar-refractivity contribution is 0.320. The van der Waals surface area contributed by atoms with Crippen LogP contribution in [0.25, 0.3) is 0 Å². The highest BCUT2D eigenvalue weighted by Crippen LogP contribution is 2.16. The molecule has 19 heavy (non-hydrogen) atoms. The number of rotatable bonds is 4. The first kappa shape index (κ1) is 16.4. The molecule has 110 valence electrons. The van der Waals surface area contributed by atoms with E-state index < -0.39 is 10.0 Å². The first-order chi connectivity index (χ1) is 8.49. The molecule has 8 heteroatoms. The van der Waals surface area contributed by atoms with Crippen molar-refractivity contribution in [1.82, 2.24) is 19.8 Å². The molecule has 2 atom stereocenters. The van der Waals surface area contributed by atoms with E-state index >= 15 is 0 Å². The summed E-state index contributed by atoms with van der Waals surface area (Å²) in [6, 6.07) is -0.0667. The van der Waals surface area contributed by atoms with Crippen LogP contribution < -0.4 is 10.0 Å². The van der Waals surface area contributed by atoms with Gasteiger partial charge in [-0.1, -0.05) is 0 Å². The molecule has 2 N–H and O–H groups in total. The van der Waals surface area contributed by atoms with Crippen LogP contribution in [0, 0.1) is 5.92 Å². The smallest absolute Gasteiger partial charge is 0.243 e. The van der Waals surface area contributed by atoms with E-state index in [0.29, 0.717) is 5.92 Å². The van der Waals surface area contributed by atoms with Crippen LogP contribution in [0.2, 0.25) is 0 Å². The lowest BCUT2D eigenvalue weighted by Crippen LogP contribution is -2.44. The largest absolute Gasteiger partial charge is 0.316 e. The van der Waals surface area contributed by atoms with Gasteiger partial charge >= 0.3 is 0 Å². The zero-order chi connectivity index (χ0) is 13.2. The molecule has 1 fully saturated rings. The van der Waals surface area contributed by atoms with E-state index in [1.54, 1.807) is 7.05 Å². The Morgan fingerprint density at radius 2 is 2.32 bits per heavy atom. The van der Waals surface area contributed by atoms with Gasteiger partial charge in [-0.25, -0.2) is 13.1 Å². The van der Waals surface area contributed by atoms with Crippen LogP contribution in [0.3, 0.4) is 0 Å². The van der Waals surface area contributed by atoms with Crippen molar-refractivity contribution in [2.24, 2.45) is 13.0 Å². The van der Waals surface area contributed by atoms with Crippen LogP contribution >= 0.6 is 12.4 Å². The van der Waals surface area contributed by atoms with Gasteiger partial charge in [0, 0.05) is 19.3 Å². The summed E-state index contributed by atoms with van der Waals surface area (Å²) >= 11 is 0. The third-order valence-corrected chi connectivity index (χ3v) is 4.89. The van der Waals surface area contributed by atoms with Gasteiger partial charge in [0.25, 0.3) is 0 Å². The number of nitrogens with one attached hydrogen (secondary N) is 2. The van der Waals surface area contributed by atoms with E-state index in [-0.39, 0.29) is 23.3 Å². The highest BCUT2D eigenvalue weighted by Gasteiger charge is 2.25. The Hall–Kier alpha value is -0.630. The van der Waals surface area contributed by atoms with E-state index in [2.05, 4.69) is 15.1 Å². The van der Waals surface area contributed by atoms with Gasteiger partial charge in [0.2, 0.25) is 10.0 Å². The van der Waals surface area contributed by atoms with Crippen LogP contribution in [-0.2, 0) is 17.1 Å². The van der Waals surface area contributed by atoms with Crippen molar-refractivity contribution in [3.05, 3.63) is 12.4 Å². The van der Waals surface area contributed by atoms with E-state index in [1.165, 1.54) is 17.1 Å². The summed E-state index contributed by atoms with van der Waals surface area (Å²) in [5.41, 5.74) is 0. The van der Waals surface area contributed by atoms with Crippen LogP contribution in [0.1, 0.15) is 19.8 Å². The number of halogens is 1. The summed E-state index contributed by atoms with van der Waals surface area (Å²) in [6.07, 6.45) is 5.04. The number of sulfonamides is 1. The van der Waals surface area contributed by atoms with Crippen molar-refractivity contribution in [1.29, 1.82) is 0 Å². The third-order valence-electron chi connectivity index (χ3n) is 3.37. The fraction of sp³-hybridized carbons (Fsp3) is 0.727. The number of hydrogen-bond acceptors (Lipinski definition) is 4. The van der Waals surface area contributed by atoms with E-state index in [0.717, 1.165) is 25.9 Å². The molecule has 6 nitrogen and oxygen atoms in total. The second-order valence-corrected chi connectivity index (χ2v) is 6.58. The molecule has 2 rings (SSSR count). The summed E-state index contributed by atoms with van der Waals surface area (Å²) in [5.74, 6) is 0.352. The average Bonchev–Trinajstić information content (AvgIpc) is 2.77. The van der Waals surface area contributed by atoms with Gasteiger partial charge in [-0.15, -0.1) is 12.4 Å². The minimum Gasteiger partial charge on any atom is -0.316 e. The molecule has 0 aromatic carbocycles. The van der Waals surface area contributed by atoms with Crippen molar-refractivity contribution in [2.75, 3.05) is 13.1 Å². The fourth-order valence-electron chi connectivity index (χ4n) is 2.25. The Kier molecular flexibility index (Phi) is 5.79. The van der Waals surface area contributed by atoms with Crippen molar-refractivity contribution in [3.8, 4) is 0 Å². The molecule has 0 spiro atoms. The maximum atomic E-state index is 12.1.